The van der Waals surface area contributed by atoms with Gasteiger partial charge < -0.3 is 25.8 Å². The Balaban J connectivity index is 2.41. The van der Waals surface area contributed by atoms with Gasteiger partial charge in [0.15, 0.2) is 11.9 Å². The van der Waals surface area contributed by atoms with Crippen molar-refractivity contribution in [2.45, 2.75) is 24.5 Å². The van der Waals surface area contributed by atoms with Gasteiger partial charge in [-0.2, -0.15) is 0 Å². The van der Waals surface area contributed by atoms with Crippen molar-refractivity contribution in [2.24, 2.45) is 5.73 Å². The fraction of sp³-hybridized carbons (Fsp3) is 0.500. The second kappa shape index (κ2) is 5.05. The van der Waals surface area contributed by atoms with Crippen LogP contribution in [0.2, 0.25) is 0 Å². The lowest BCUT2D eigenvalue weighted by Gasteiger charge is -2.17. The van der Waals surface area contributed by atoms with Crippen molar-refractivity contribution < 1.29 is 24.9 Å². The van der Waals surface area contributed by atoms with E-state index in [0.717, 1.165) is 10.8 Å². The van der Waals surface area contributed by atoms with E-state index in [0.29, 0.717) is 0 Å². The molecule has 1 aliphatic rings. The monoisotopic (exact) mass is 271 g/mol. The number of nitrogens with zero attached hydrogens (tertiary/aromatic N) is 2. The lowest BCUT2D eigenvalue weighted by molar-refractivity contribution is -0.0545. The fourth-order valence-electron chi connectivity index (χ4n) is 1.90. The molecule has 9 nitrogen and oxygen atoms in total. The van der Waals surface area contributed by atoms with Crippen LogP contribution in [-0.2, 0) is 4.74 Å². The molecule has 19 heavy (non-hydrogen) atoms. The smallest absolute Gasteiger partial charge is 0.284 e. The Kier molecular flexibility index (Phi) is 3.62. The number of nitrogens with two attached hydrogens (primary N) is 1. The SMILES string of the molecule is NC(=O)c1nccn([C@@H]2O[C@H](CO)C(O)[C@@H]2O)c1=O. The maximum absolute atomic E-state index is 11.9. The normalized spacial score (nSPS) is 30.5. The zero-order chi connectivity index (χ0) is 14.2. The van der Waals surface area contributed by atoms with Crippen LogP contribution in [-0.4, -0.2) is 55.7 Å². The summed E-state index contributed by atoms with van der Waals surface area (Å²) in [4.78, 5) is 26.5. The molecule has 2 rings (SSSR count). The molecule has 1 amide bonds. The van der Waals surface area contributed by atoms with E-state index in [1.54, 1.807) is 0 Å². The molecule has 1 unspecified atom stereocenters. The number of aliphatic hydroxyl groups excluding tert-OH is 3. The van der Waals surface area contributed by atoms with Crippen molar-refractivity contribution in [1.29, 1.82) is 0 Å². The Hall–Kier alpha value is -1.81. The maximum atomic E-state index is 11.9. The molecule has 0 bridgehead atoms. The Bertz CT molecular complexity index is 544. The third-order valence-electron chi connectivity index (χ3n) is 2.89. The van der Waals surface area contributed by atoms with Gasteiger partial charge in [-0.05, 0) is 0 Å². The molecular weight excluding hydrogens is 258 g/mol. The van der Waals surface area contributed by atoms with Crippen LogP contribution in [0.4, 0.5) is 0 Å². The zero-order valence-corrected chi connectivity index (χ0v) is 9.71. The van der Waals surface area contributed by atoms with Gasteiger partial charge in [-0.25, -0.2) is 4.98 Å². The van der Waals surface area contributed by atoms with E-state index in [1.165, 1.54) is 6.20 Å². The molecule has 2 heterocycles. The van der Waals surface area contributed by atoms with E-state index in [1.807, 2.05) is 0 Å². The van der Waals surface area contributed by atoms with Gasteiger partial charge in [-0.3, -0.25) is 14.2 Å². The van der Waals surface area contributed by atoms with Gasteiger partial charge in [0.25, 0.3) is 11.5 Å². The van der Waals surface area contributed by atoms with Crippen LogP contribution in [0.1, 0.15) is 16.7 Å². The molecule has 104 valence electrons. The van der Waals surface area contributed by atoms with Crippen LogP contribution in [0.3, 0.4) is 0 Å². The van der Waals surface area contributed by atoms with Gasteiger partial charge in [0, 0.05) is 12.4 Å². The van der Waals surface area contributed by atoms with Gasteiger partial charge in [0.05, 0.1) is 6.61 Å². The highest BCUT2D eigenvalue weighted by Gasteiger charge is 2.43. The van der Waals surface area contributed by atoms with E-state index in [9.17, 15) is 19.8 Å². The van der Waals surface area contributed by atoms with Crippen LogP contribution >= 0.6 is 0 Å². The summed E-state index contributed by atoms with van der Waals surface area (Å²) in [7, 11) is 0. The molecular formula is C10H13N3O6. The van der Waals surface area contributed by atoms with Crippen LogP contribution < -0.4 is 11.3 Å². The highest BCUT2D eigenvalue weighted by atomic mass is 16.6. The molecule has 0 saturated carbocycles. The Morgan fingerprint density at radius 2 is 2.16 bits per heavy atom. The number of hydrogen-bond donors (Lipinski definition) is 4. The standard InChI is InChI=1S/C10H13N3O6/c11-8(17)5-9(18)13(2-1-12-5)10-7(16)6(15)4(3-14)19-10/h1-2,4,6-7,10,14-16H,3H2,(H2,11,17)/t4-,6?,7+,10-/m1/s1. The summed E-state index contributed by atoms with van der Waals surface area (Å²) in [5.74, 6) is -1.01. The lowest BCUT2D eigenvalue weighted by atomic mass is 10.1. The molecule has 0 aromatic carbocycles. The summed E-state index contributed by atoms with van der Waals surface area (Å²) < 4.78 is 6.07. The number of aliphatic hydroxyl groups is 3. The minimum absolute atomic E-state index is 0.500. The van der Waals surface area contributed by atoms with Crippen molar-refractivity contribution in [3.05, 3.63) is 28.4 Å². The molecule has 1 aliphatic heterocycles. The molecule has 0 radical (unpaired) electrons. The van der Waals surface area contributed by atoms with Crippen LogP contribution in [0.25, 0.3) is 0 Å². The van der Waals surface area contributed by atoms with E-state index in [-0.39, 0.29) is 0 Å². The molecule has 5 N–H and O–H groups in total. The molecule has 1 saturated heterocycles. The average Bonchev–Trinajstić information content (AvgIpc) is 2.66. The molecule has 4 atom stereocenters. The first-order chi connectivity index (χ1) is 8.97. The van der Waals surface area contributed by atoms with Crippen LogP contribution in [0, 0.1) is 0 Å². The van der Waals surface area contributed by atoms with Gasteiger partial charge >= 0.3 is 0 Å². The number of carbonyl (C=O) groups excluding carboxylic acids is 1. The summed E-state index contributed by atoms with van der Waals surface area (Å²) in [5, 5.41) is 28.3. The predicted molar refractivity (Wildman–Crippen MR) is 60.0 cm³/mol. The van der Waals surface area contributed by atoms with Gasteiger partial charge in [0.1, 0.15) is 18.3 Å². The lowest BCUT2D eigenvalue weighted by Crippen LogP contribution is -2.38. The largest absolute Gasteiger partial charge is 0.394 e. The Morgan fingerprint density at radius 3 is 2.68 bits per heavy atom. The number of aromatic nitrogens is 2. The van der Waals surface area contributed by atoms with Crippen molar-refractivity contribution in [3.63, 3.8) is 0 Å². The third-order valence-corrected chi connectivity index (χ3v) is 2.89. The quantitative estimate of drug-likeness (QED) is 0.456. The number of carbonyl (C=O) groups is 1. The highest BCUT2D eigenvalue weighted by Crippen LogP contribution is 2.27. The summed E-state index contributed by atoms with van der Waals surface area (Å²) in [5.41, 5.74) is 3.65. The van der Waals surface area contributed by atoms with Crippen molar-refractivity contribution in [2.75, 3.05) is 6.61 Å². The number of primary amides is 1. The minimum atomic E-state index is -1.42. The fourth-order valence-corrected chi connectivity index (χ4v) is 1.90. The summed E-state index contributed by atoms with van der Waals surface area (Å²) >= 11 is 0. The van der Waals surface area contributed by atoms with Crippen molar-refractivity contribution >= 4 is 5.91 Å². The average molecular weight is 271 g/mol. The first-order valence-electron chi connectivity index (χ1n) is 5.46. The minimum Gasteiger partial charge on any atom is -0.394 e. The number of rotatable bonds is 3. The van der Waals surface area contributed by atoms with Crippen LogP contribution in [0.15, 0.2) is 17.2 Å². The molecule has 1 fully saturated rings. The van der Waals surface area contributed by atoms with E-state index >= 15 is 0 Å². The van der Waals surface area contributed by atoms with Gasteiger partial charge in [-0.1, -0.05) is 0 Å². The predicted octanol–water partition coefficient (Wildman–Crippen LogP) is -3.05. The molecule has 0 spiro atoms. The summed E-state index contributed by atoms with van der Waals surface area (Å²) in [6.45, 7) is -0.517. The van der Waals surface area contributed by atoms with Crippen molar-refractivity contribution in [3.8, 4) is 0 Å². The van der Waals surface area contributed by atoms with Gasteiger partial charge in [-0.15, -0.1) is 0 Å². The number of ether oxygens (including phenoxy) is 1. The first-order valence-corrected chi connectivity index (χ1v) is 5.46. The maximum Gasteiger partial charge on any atom is 0.284 e. The number of amides is 1. The Morgan fingerprint density at radius 1 is 1.47 bits per heavy atom. The Labute approximate surface area is 106 Å². The van der Waals surface area contributed by atoms with E-state index in [2.05, 4.69) is 4.98 Å². The summed E-state index contributed by atoms with van der Waals surface area (Å²) in [6, 6.07) is 0. The molecule has 0 aliphatic carbocycles. The highest BCUT2D eigenvalue weighted by molar-refractivity contribution is 5.90. The van der Waals surface area contributed by atoms with Crippen molar-refractivity contribution in [1.82, 2.24) is 9.55 Å². The first kappa shape index (κ1) is 13.6. The molecule has 1 aromatic rings. The second-order valence-corrected chi connectivity index (χ2v) is 4.08. The van der Waals surface area contributed by atoms with E-state index < -0.39 is 48.3 Å². The van der Waals surface area contributed by atoms with Gasteiger partial charge in [0.2, 0.25) is 0 Å². The van der Waals surface area contributed by atoms with E-state index in [4.69, 9.17) is 15.6 Å². The topological polar surface area (TPSA) is 148 Å². The number of hydrogen-bond acceptors (Lipinski definition) is 7. The molecule has 1 aromatic heterocycles. The third kappa shape index (κ3) is 2.24. The molecule has 9 heteroatoms. The summed E-state index contributed by atoms with van der Waals surface area (Å²) in [6.07, 6.45) is -2.66. The zero-order valence-electron chi connectivity index (χ0n) is 9.71. The van der Waals surface area contributed by atoms with Crippen LogP contribution in [0.5, 0.6) is 0 Å². The second-order valence-electron chi connectivity index (χ2n) is 4.08.